The van der Waals surface area contributed by atoms with Gasteiger partial charge in [0.1, 0.15) is 4.87 Å². The Morgan fingerprint density at radius 1 is 1.43 bits per heavy atom. The number of carbonyl (C=O) groups is 2. The molecule has 2 amide bonds. The molecule has 5 nitrogen and oxygen atoms in total. The molecule has 1 saturated heterocycles. The summed E-state index contributed by atoms with van der Waals surface area (Å²) in [7, 11) is 0. The Morgan fingerprint density at radius 2 is 2.14 bits per heavy atom. The lowest BCUT2D eigenvalue weighted by Gasteiger charge is -2.23. The number of hydrogen-bond donors (Lipinski definition) is 1. The first-order valence-electron chi connectivity index (χ1n) is 6.89. The van der Waals surface area contributed by atoms with Crippen LogP contribution in [0.4, 0.5) is 5.69 Å². The number of para-hydroxylation sites is 1. The highest BCUT2D eigenvalue weighted by atomic mass is 35.5. The molecular formula is C15H19ClN2O3. The smallest absolute Gasteiger partial charge is 0.248 e. The van der Waals surface area contributed by atoms with Crippen molar-refractivity contribution in [3.05, 3.63) is 29.8 Å². The molecule has 0 aliphatic carbocycles. The van der Waals surface area contributed by atoms with Crippen molar-refractivity contribution < 1.29 is 14.4 Å². The second-order valence-electron chi connectivity index (χ2n) is 5.33. The van der Waals surface area contributed by atoms with Crippen LogP contribution >= 0.6 is 11.6 Å². The quantitative estimate of drug-likeness (QED) is 0.869. The highest BCUT2D eigenvalue weighted by Crippen LogP contribution is 2.25. The fourth-order valence-electron chi connectivity index (χ4n) is 2.06. The van der Waals surface area contributed by atoms with Gasteiger partial charge in [-0.05, 0) is 31.9 Å². The minimum atomic E-state index is -1.31. The Labute approximate surface area is 129 Å². The molecule has 6 heteroatoms. The van der Waals surface area contributed by atoms with E-state index in [1.165, 1.54) is 12.0 Å². The first kappa shape index (κ1) is 15.8. The molecule has 21 heavy (non-hydrogen) atoms. The summed E-state index contributed by atoms with van der Waals surface area (Å²) in [5.74, 6) is -0.670. The van der Waals surface area contributed by atoms with Gasteiger partial charge in [0.2, 0.25) is 11.8 Å². The van der Waals surface area contributed by atoms with Crippen molar-refractivity contribution in [3.63, 3.8) is 0 Å². The van der Waals surface area contributed by atoms with Gasteiger partial charge in [-0.3, -0.25) is 14.4 Å². The average Bonchev–Trinajstić information content (AvgIpc) is 2.95. The lowest BCUT2D eigenvalue weighted by Crippen LogP contribution is -2.40. The molecule has 1 unspecified atom stereocenters. The summed E-state index contributed by atoms with van der Waals surface area (Å²) in [5, 5.41) is 4.04. The number of carbonyl (C=O) groups excluding carboxylic acids is 2. The van der Waals surface area contributed by atoms with Crippen LogP contribution in [-0.4, -0.2) is 34.9 Å². The van der Waals surface area contributed by atoms with Crippen molar-refractivity contribution in [1.82, 2.24) is 5.06 Å². The number of anilines is 1. The van der Waals surface area contributed by atoms with Gasteiger partial charge in [-0.15, -0.1) is 11.6 Å². The van der Waals surface area contributed by atoms with Gasteiger partial charge >= 0.3 is 0 Å². The van der Waals surface area contributed by atoms with E-state index in [9.17, 15) is 9.59 Å². The van der Waals surface area contributed by atoms with Gasteiger partial charge in [0.15, 0.2) is 0 Å². The summed E-state index contributed by atoms with van der Waals surface area (Å²) < 4.78 is 0. The Hall–Kier alpha value is -1.59. The van der Waals surface area contributed by atoms with E-state index >= 15 is 0 Å². The second-order valence-corrected chi connectivity index (χ2v) is 6.16. The highest BCUT2D eigenvalue weighted by molar-refractivity contribution is 6.37. The van der Waals surface area contributed by atoms with Crippen LogP contribution in [-0.2, 0) is 14.4 Å². The molecule has 2 rings (SSSR count). The number of halogens is 1. The molecule has 1 atom stereocenters. The predicted molar refractivity (Wildman–Crippen MR) is 81.0 cm³/mol. The Kier molecular flexibility index (Phi) is 4.85. The normalized spacial score (nSPS) is 17.4. The molecule has 0 aromatic heterocycles. The van der Waals surface area contributed by atoms with Gasteiger partial charge in [-0.2, -0.15) is 0 Å². The summed E-state index contributed by atoms with van der Waals surface area (Å²) in [6.45, 7) is 4.51. The average molecular weight is 311 g/mol. The molecule has 1 aliphatic heterocycles. The van der Waals surface area contributed by atoms with Gasteiger partial charge in [0, 0.05) is 5.69 Å². The van der Waals surface area contributed by atoms with E-state index in [-0.39, 0.29) is 12.3 Å². The standard InChI is InChI=1S/C15H19ClN2O3/c1-11-6-3-4-7-12(11)17-14(20)15(2,16)10-13(19)18-8-5-9-21-18/h3-4,6-7H,5,8-10H2,1-2H3,(H,17,20). The van der Waals surface area contributed by atoms with Crippen molar-refractivity contribution in [2.75, 3.05) is 18.5 Å². The molecule has 1 aliphatic rings. The molecule has 0 radical (unpaired) electrons. The van der Waals surface area contributed by atoms with Crippen LogP contribution in [0.1, 0.15) is 25.3 Å². The molecule has 1 N–H and O–H groups in total. The molecule has 0 saturated carbocycles. The monoisotopic (exact) mass is 310 g/mol. The zero-order valence-corrected chi connectivity index (χ0v) is 12.9. The summed E-state index contributed by atoms with van der Waals surface area (Å²) in [4.78, 5) is 28.2. The van der Waals surface area contributed by atoms with Crippen LogP contribution in [0, 0.1) is 6.92 Å². The summed E-state index contributed by atoms with van der Waals surface area (Å²) >= 11 is 6.25. The van der Waals surface area contributed by atoms with Gasteiger partial charge in [-0.25, -0.2) is 5.06 Å². The fourth-order valence-corrected chi connectivity index (χ4v) is 2.22. The number of benzene rings is 1. The van der Waals surface area contributed by atoms with Crippen LogP contribution in [0.2, 0.25) is 0 Å². The zero-order valence-electron chi connectivity index (χ0n) is 12.2. The lowest BCUT2D eigenvalue weighted by atomic mass is 10.0. The van der Waals surface area contributed by atoms with E-state index in [2.05, 4.69) is 5.32 Å². The topological polar surface area (TPSA) is 58.6 Å². The third-order valence-corrected chi connectivity index (χ3v) is 3.69. The molecule has 0 spiro atoms. The summed E-state index contributed by atoms with van der Waals surface area (Å²) in [5.41, 5.74) is 1.63. The van der Waals surface area contributed by atoms with Crippen molar-refractivity contribution >= 4 is 29.1 Å². The molecule has 1 aromatic rings. The van der Waals surface area contributed by atoms with E-state index in [4.69, 9.17) is 16.4 Å². The van der Waals surface area contributed by atoms with Gasteiger partial charge in [0.05, 0.1) is 19.6 Å². The maximum Gasteiger partial charge on any atom is 0.248 e. The van der Waals surface area contributed by atoms with E-state index in [1.54, 1.807) is 6.07 Å². The van der Waals surface area contributed by atoms with Gasteiger partial charge in [0.25, 0.3) is 0 Å². The van der Waals surface area contributed by atoms with Gasteiger partial charge in [-0.1, -0.05) is 18.2 Å². The molecule has 1 fully saturated rings. The maximum absolute atomic E-state index is 12.3. The minimum Gasteiger partial charge on any atom is -0.324 e. The zero-order chi connectivity index (χ0) is 15.5. The van der Waals surface area contributed by atoms with Crippen molar-refractivity contribution in [1.29, 1.82) is 0 Å². The van der Waals surface area contributed by atoms with Gasteiger partial charge < -0.3 is 5.32 Å². The van der Waals surface area contributed by atoms with Crippen LogP contribution in [0.5, 0.6) is 0 Å². The maximum atomic E-state index is 12.3. The van der Waals surface area contributed by atoms with E-state index in [0.717, 1.165) is 12.0 Å². The highest BCUT2D eigenvalue weighted by Gasteiger charge is 2.36. The Balaban J connectivity index is 1.99. The number of alkyl halides is 1. The number of aryl methyl sites for hydroxylation is 1. The minimum absolute atomic E-state index is 0.105. The van der Waals surface area contributed by atoms with E-state index in [1.807, 2.05) is 25.1 Å². The number of nitrogens with zero attached hydrogens (tertiary/aromatic N) is 1. The first-order valence-corrected chi connectivity index (χ1v) is 7.27. The molecular weight excluding hydrogens is 292 g/mol. The van der Waals surface area contributed by atoms with Crippen molar-refractivity contribution in [3.8, 4) is 0 Å². The number of amides is 2. The van der Waals surface area contributed by atoms with Crippen LogP contribution in [0.15, 0.2) is 24.3 Å². The van der Waals surface area contributed by atoms with E-state index in [0.29, 0.717) is 18.8 Å². The van der Waals surface area contributed by atoms with Crippen molar-refractivity contribution in [2.45, 2.75) is 31.6 Å². The van der Waals surface area contributed by atoms with Crippen LogP contribution < -0.4 is 5.32 Å². The molecule has 1 aromatic carbocycles. The SMILES string of the molecule is Cc1ccccc1NC(=O)C(C)(Cl)CC(=O)N1CCCO1. The van der Waals surface area contributed by atoms with E-state index < -0.39 is 10.8 Å². The molecule has 114 valence electrons. The third kappa shape index (κ3) is 3.95. The van der Waals surface area contributed by atoms with Crippen molar-refractivity contribution in [2.24, 2.45) is 0 Å². The fraction of sp³-hybridized carbons (Fsp3) is 0.467. The molecule has 0 bridgehead atoms. The Morgan fingerprint density at radius 3 is 2.76 bits per heavy atom. The lowest BCUT2D eigenvalue weighted by molar-refractivity contribution is -0.169. The predicted octanol–water partition coefficient (Wildman–Crippen LogP) is 2.49. The first-order chi connectivity index (χ1) is 9.90. The second kappa shape index (κ2) is 6.45. The third-order valence-electron chi connectivity index (χ3n) is 3.38. The van der Waals surface area contributed by atoms with Crippen LogP contribution in [0.3, 0.4) is 0 Å². The summed E-state index contributed by atoms with van der Waals surface area (Å²) in [6, 6.07) is 7.41. The number of rotatable bonds is 4. The van der Waals surface area contributed by atoms with Crippen LogP contribution in [0.25, 0.3) is 0 Å². The Bertz CT molecular complexity index is 539. The number of nitrogens with one attached hydrogen (secondary N) is 1. The number of hydroxylamine groups is 2. The largest absolute Gasteiger partial charge is 0.324 e. The molecule has 1 heterocycles. The number of hydrogen-bond acceptors (Lipinski definition) is 3. The summed E-state index contributed by atoms with van der Waals surface area (Å²) in [6.07, 6.45) is 0.701.